The van der Waals surface area contributed by atoms with Gasteiger partial charge in [0.15, 0.2) is 0 Å². The third-order valence-corrected chi connectivity index (χ3v) is 8.21. The normalized spacial score (nSPS) is 14.5. The van der Waals surface area contributed by atoms with Crippen LogP contribution in [0.3, 0.4) is 0 Å². The highest BCUT2D eigenvalue weighted by atomic mass is 16.2. The number of aromatic nitrogens is 3. The number of allylic oxidation sites excluding steroid dienone is 1. The van der Waals surface area contributed by atoms with E-state index in [1.165, 1.54) is 0 Å². The fraction of sp³-hybridized carbons (Fsp3) is 0.111. The van der Waals surface area contributed by atoms with Crippen LogP contribution in [0.15, 0.2) is 133 Å². The first-order valence-electron chi connectivity index (χ1n) is 13.7. The number of hydrogen-bond acceptors (Lipinski definition) is 2. The Morgan fingerprint density at radius 1 is 0.725 bits per heavy atom. The lowest BCUT2D eigenvalue weighted by Gasteiger charge is -2.38. The fourth-order valence-electron chi connectivity index (χ4n) is 6.31. The van der Waals surface area contributed by atoms with Crippen molar-refractivity contribution in [1.82, 2.24) is 14.1 Å². The van der Waals surface area contributed by atoms with Crippen molar-refractivity contribution >= 4 is 22.9 Å². The number of hydrogen-bond donors (Lipinski definition) is 0. The summed E-state index contributed by atoms with van der Waals surface area (Å²) in [7, 11) is 0. The summed E-state index contributed by atoms with van der Waals surface area (Å²) in [6.07, 6.45) is 5.45. The second-order valence-corrected chi connectivity index (χ2v) is 10.4. The third kappa shape index (κ3) is 3.68. The SMILES string of the molecule is Cc1c(C=C2CCc3cc4ccccc4n3C2=O)ncn1C(c1ccccc1)(c1ccccc1)c1ccccc1. The minimum Gasteiger partial charge on any atom is -0.316 e. The molecule has 3 heterocycles. The predicted molar refractivity (Wildman–Crippen MR) is 160 cm³/mol. The summed E-state index contributed by atoms with van der Waals surface area (Å²) >= 11 is 0. The molecule has 0 saturated carbocycles. The van der Waals surface area contributed by atoms with E-state index in [-0.39, 0.29) is 5.91 Å². The second kappa shape index (κ2) is 9.65. The van der Waals surface area contributed by atoms with E-state index in [2.05, 4.69) is 115 Å². The number of fused-ring (bicyclic) bond motifs is 3. The Balaban J connectivity index is 1.41. The Morgan fingerprint density at radius 2 is 1.27 bits per heavy atom. The highest BCUT2D eigenvalue weighted by Crippen LogP contribution is 2.42. The summed E-state index contributed by atoms with van der Waals surface area (Å²) in [4.78, 5) is 18.7. The molecule has 2 aromatic heterocycles. The number of nitrogens with zero attached hydrogens (tertiary/aromatic N) is 3. The van der Waals surface area contributed by atoms with Gasteiger partial charge in [-0.05, 0) is 54.7 Å². The summed E-state index contributed by atoms with van der Waals surface area (Å²) < 4.78 is 4.14. The number of carbonyl (C=O) groups is 1. The van der Waals surface area contributed by atoms with Crippen molar-refractivity contribution < 1.29 is 4.79 Å². The molecule has 6 aromatic rings. The van der Waals surface area contributed by atoms with Gasteiger partial charge in [0.25, 0.3) is 5.91 Å². The van der Waals surface area contributed by atoms with Gasteiger partial charge in [-0.15, -0.1) is 0 Å². The molecular weight excluding hydrogens is 490 g/mol. The Labute approximate surface area is 233 Å². The largest absolute Gasteiger partial charge is 0.316 e. The standard InChI is InChI=1S/C36H29N3O/c1-26-33(24-28-21-22-32-23-27-13-11-12-20-34(27)39(32)35(28)40)37-25-38(26)36(29-14-5-2-6-15-29,30-16-7-3-8-17-30)31-18-9-4-10-19-31/h2-20,23-25H,21-22H2,1H3. The smallest absolute Gasteiger partial charge is 0.258 e. The van der Waals surface area contributed by atoms with Crippen LogP contribution < -0.4 is 0 Å². The van der Waals surface area contributed by atoms with E-state index in [4.69, 9.17) is 4.98 Å². The van der Waals surface area contributed by atoms with Crippen LogP contribution in [-0.2, 0) is 12.0 Å². The molecule has 4 aromatic carbocycles. The molecule has 0 unspecified atom stereocenters. The number of benzene rings is 4. The molecule has 0 bridgehead atoms. The van der Waals surface area contributed by atoms with E-state index in [9.17, 15) is 4.79 Å². The molecule has 0 N–H and O–H groups in total. The van der Waals surface area contributed by atoms with E-state index in [0.717, 1.165) is 56.7 Å². The van der Waals surface area contributed by atoms with E-state index < -0.39 is 5.54 Å². The van der Waals surface area contributed by atoms with Gasteiger partial charge < -0.3 is 4.57 Å². The van der Waals surface area contributed by atoms with Crippen LogP contribution >= 0.6 is 0 Å². The van der Waals surface area contributed by atoms with Crippen LogP contribution in [0.1, 0.15) is 45.0 Å². The molecule has 4 heteroatoms. The molecule has 0 radical (unpaired) electrons. The molecule has 0 saturated heterocycles. The van der Waals surface area contributed by atoms with Crippen LogP contribution in [-0.4, -0.2) is 20.0 Å². The van der Waals surface area contributed by atoms with Crippen LogP contribution in [0.5, 0.6) is 0 Å². The number of aryl methyl sites for hydroxylation is 1. The summed E-state index contributed by atoms with van der Waals surface area (Å²) in [5, 5.41) is 1.10. The molecule has 0 aliphatic carbocycles. The van der Waals surface area contributed by atoms with E-state index in [0.29, 0.717) is 6.42 Å². The zero-order valence-corrected chi connectivity index (χ0v) is 22.4. The Morgan fingerprint density at radius 3 is 1.88 bits per heavy atom. The van der Waals surface area contributed by atoms with Gasteiger partial charge in [0.2, 0.25) is 0 Å². The van der Waals surface area contributed by atoms with Crippen LogP contribution in [0.2, 0.25) is 0 Å². The van der Waals surface area contributed by atoms with Gasteiger partial charge in [0.05, 0.1) is 17.5 Å². The van der Waals surface area contributed by atoms with Crippen molar-refractivity contribution in [3.8, 4) is 0 Å². The van der Waals surface area contributed by atoms with Gasteiger partial charge in [-0.2, -0.15) is 0 Å². The topological polar surface area (TPSA) is 39.8 Å². The Hall–Kier alpha value is -4.96. The first kappa shape index (κ1) is 24.1. The van der Waals surface area contributed by atoms with Gasteiger partial charge in [0.1, 0.15) is 5.54 Å². The third-order valence-electron chi connectivity index (χ3n) is 8.21. The van der Waals surface area contributed by atoms with Crippen molar-refractivity contribution in [2.75, 3.05) is 0 Å². The molecule has 4 nitrogen and oxygen atoms in total. The first-order valence-corrected chi connectivity index (χ1v) is 13.7. The number of carbonyl (C=O) groups excluding carboxylic acids is 1. The lowest BCUT2D eigenvalue weighted by Crippen LogP contribution is -2.38. The summed E-state index contributed by atoms with van der Waals surface area (Å²) in [6, 6.07) is 42.0. The van der Waals surface area contributed by atoms with E-state index in [1.807, 2.05) is 35.2 Å². The van der Waals surface area contributed by atoms with Gasteiger partial charge >= 0.3 is 0 Å². The highest BCUT2D eigenvalue weighted by molar-refractivity contribution is 6.06. The highest BCUT2D eigenvalue weighted by Gasteiger charge is 2.39. The summed E-state index contributed by atoms with van der Waals surface area (Å²) in [5.74, 6) is 0.0387. The average Bonchev–Trinajstić information content (AvgIpc) is 3.57. The molecule has 194 valence electrons. The van der Waals surface area contributed by atoms with Crippen molar-refractivity contribution in [3.05, 3.63) is 167 Å². The van der Waals surface area contributed by atoms with Gasteiger partial charge in [-0.25, -0.2) is 4.98 Å². The molecule has 7 rings (SSSR count). The van der Waals surface area contributed by atoms with Crippen LogP contribution in [0.4, 0.5) is 0 Å². The van der Waals surface area contributed by atoms with Crippen LogP contribution in [0, 0.1) is 6.92 Å². The summed E-state index contributed by atoms with van der Waals surface area (Å²) in [6.45, 7) is 2.10. The number of rotatable bonds is 5. The first-order chi connectivity index (χ1) is 19.7. The minimum absolute atomic E-state index is 0.0387. The second-order valence-electron chi connectivity index (χ2n) is 10.4. The molecule has 0 atom stereocenters. The van der Waals surface area contributed by atoms with E-state index >= 15 is 0 Å². The van der Waals surface area contributed by atoms with Crippen LogP contribution in [0.25, 0.3) is 17.0 Å². The van der Waals surface area contributed by atoms with Gasteiger partial charge in [0, 0.05) is 22.3 Å². The maximum absolute atomic E-state index is 13.7. The maximum Gasteiger partial charge on any atom is 0.258 e. The molecule has 1 aliphatic rings. The molecule has 0 fully saturated rings. The van der Waals surface area contributed by atoms with Crippen molar-refractivity contribution in [3.63, 3.8) is 0 Å². The number of imidazole rings is 1. The van der Waals surface area contributed by atoms with Gasteiger partial charge in [-0.3, -0.25) is 9.36 Å². The molecular formula is C36H29N3O. The van der Waals surface area contributed by atoms with Crippen molar-refractivity contribution in [1.29, 1.82) is 0 Å². The maximum atomic E-state index is 13.7. The quantitative estimate of drug-likeness (QED) is 0.173. The zero-order chi connectivity index (χ0) is 27.1. The Bertz CT molecular complexity index is 1760. The zero-order valence-electron chi connectivity index (χ0n) is 22.4. The lowest BCUT2D eigenvalue weighted by atomic mass is 9.76. The summed E-state index contributed by atoms with van der Waals surface area (Å²) in [5.41, 5.74) is 7.42. The molecule has 1 aliphatic heterocycles. The average molecular weight is 520 g/mol. The Kier molecular flexibility index (Phi) is 5.82. The monoisotopic (exact) mass is 519 g/mol. The predicted octanol–water partition coefficient (Wildman–Crippen LogP) is 7.66. The molecule has 0 amide bonds. The number of para-hydroxylation sites is 1. The molecule has 40 heavy (non-hydrogen) atoms. The van der Waals surface area contributed by atoms with Crippen molar-refractivity contribution in [2.24, 2.45) is 0 Å². The van der Waals surface area contributed by atoms with Crippen molar-refractivity contribution in [2.45, 2.75) is 25.3 Å². The fourth-order valence-corrected chi connectivity index (χ4v) is 6.31. The lowest BCUT2D eigenvalue weighted by molar-refractivity contribution is 0.0946. The molecule has 0 spiro atoms. The van der Waals surface area contributed by atoms with E-state index in [1.54, 1.807) is 0 Å². The minimum atomic E-state index is -0.641. The van der Waals surface area contributed by atoms with Gasteiger partial charge in [-0.1, -0.05) is 109 Å².